The number of ether oxygens (including phenoxy) is 2. The van der Waals surface area contributed by atoms with Crippen molar-refractivity contribution < 1.29 is 19.4 Å². The Morgan fingerprint density at radius 1 is 1.73 bits per heavy atom. The predicted octanol–water partition coefficient (Wildman–Crippen LogP) is 0.724. The van der Waals surface area contributed by atoms with Crippen LogP contribution in [0.3, 0.4) is 0 Å². The van der Waals surface area contributed by atoms with Crippen molar-refractivity contribution in [3.63, 3.8) is 0 Å². The Labute approximate surface area is 86.6 Å². The summed E-state index contributed by atoms with van der Waals surface area (Å²) in [5.41, 5.74) is 8.34. The molecule has 0 spiro atoms. The van der Waals surface area contributed by atoms with Crippen LogP contribution in [-0.4, -0.2) is 35.6 Å². The minimum atomic E-state index is -0.984. The largest absolute Gasteiger partial charge is 0.459 e. The average Bonchev–Trinajstić information content (AvgIpc) is 2.11. The second-order valence-corrected chi connectivity index (χ2v) is 3.38. The van der Waals surface area contributed by atoms with E-state index >= 15 is 0 Å². The van der Waals surface area contributed by atoms with Crippen LogP contribution in [0.2, 0.25) is 0 Å². The molecule has 0 bridgehead atoms. The highest BCUT2D eigenvalue weighted by atomic mass is 16.6. The quantitative estimate of drug-likeness (QED) is 0.317. The number of carbonyl (C=O) groups is 1. The van der Waals surface area contributed by atoms with Crippen LogP contribution in [0.15, 0.2) is 5.11 Å². The van der Waals surface area contributed by atoms with Gasteiger partial charge in [0.05, 0.1) is 12.1 Å². The first-order valence-electron chi connectivity index (χ1n) is 4.59. The van der Waals surface area contributed by atoms with E-state index in [1.165, 1.54) is 6.92 Å². The lowest BCUT2D eigenvalue weighted by atomic mass is 10.0. The highest BCUT2D eigenvalue weighted by Crippen LogP contribution is 2.24. The van der Waals surface area contributed by atoms with Crippen LogP contribution < -0.4 is 0 Å². The maximum atomic E-state index is 10.8. The van der Waals surface area contributed by atoms with Crippen LogP contribution in [0.4, 0.5) is 0 Å². The first-order valence-corrected chi connectivity index (χ1v) is 4.59. The molecule has 0 aliphatic carbocycles. The normalized spacial score (nSPS) is 35.4. The molecule has 1 aliphatic heterocycles. The van der Waals surface area contributed by atoms with Gasteiger partial charge in [-0.2, -0.15) is 0 Å². The molecule has 4 atom stereocenters. The van der Waals surface area contributed by atoms with Crippen molar-refractivity contribution in [1.82, 2.24) is 0 Å². The molecule has 84 valence electrons. The van der Waals surface area contributed by atoms with Crippen LogP contribution >= 0.6 is 0 Å². The lowest BCUT2D eigenvalue weighted by molar-refractivity contribution is -0.210. The zero-order chi connectivity index (χ0) is 11.4. The second-order valence-electron chi connectivity index (χ2n) is 3.38. The molecule has 7 heteroatoms. The highest BCUT2D eigenvalue weighted by molar-refractivity contribution is 5.66. The van der Waals surface area contributed by atoms with Gasteiger partial charge in [0.15, 0.2) is 6.29 Å². The Balaban J connectivity index is 2.76. The van der Waals surface area contributed by atoms with Crippen molar-refractivity contribution in [2.24, 2.45) is 5.11 Å². The molecule has 1 N–H and O–H groups in total. The molecule has 0 radical (unpaired) electrons. The van der Waals surface area contributed by atoms with Crippen LogP contribution in [0.5, 0.6) is 0 Å². The van der Waals surface area contributed by atoms with Crippen molar-refractivity contribution in [2.45, 2.75) is 44.8 Å². The number of carbonyl (C=O) groups excluding carboxylic acids is 1. The Morgan fingerprint density at radius 2 is 2.40 bits per heavy atom. The first kappa shape index (κ1) is 11.8. The van der Waals surface area contributed by atoms with Crippen molar-refractivity contribution in [3.05, 3.63) is 10.4 Å². The summed E-state index contributed by atoms with van der Waals surface area (Å²) in [4.78, 5) is 13.5. The number of nitrogens with zero attached hydrogens (tertiary/aromatic N) is 3. The summed E-state index contributed by atoms with van der Waals surface area (Å²) >= 11 is 0. The van der Waals surface area contributed by atoms with Gasteiger partial charge in [-0.1, -0.05) is 5.11 Å². The van der Waals surface area contributed by atoms with Gasteiger partial charge in [-0.05, 0) is 12.5 Å². The van der Waals surface area contributed by atoms with Crippen LogP contribution in [0, 0.1) is 0 Å². The summed E-state index contributed by atoms with van der Waals surface area (Å²) in [7, 11) is 0. The number of aliphatic hydroxyl groups excluding tert-OH is 1. The third-order valence-corrected chi connectivity index (χ3v) is 2.16. The van der Waals surface area contributed by atoms with Crippen molar-refractivity contribution >= 4 is 5.97 Å². The third kappa shape index (κ3) is 3.09. The summed E-state index contributed by atoms with van der Waals surface area (Å²) in [6.45, 7) is 2.92. The molecule has 1 heterocycles. The molecule has 0 saturated carbocycles. The number of hydrogen-bond acceptors (Lipinski definition) is 5. The summed E-state index contributed by atoms with van der Waals surface area (Å²) < 4.78 is 10.0. The zero-order valence-corrected chi connectivity index (χ0v) is 8.53. The molecule has 1 aliphatic rings. The Kier molecular flexibility index (Phi) is 3.90. The zero-order valence-electron chi connectivity index (χ0n) is 8.53. The van der Waals surface area contributed by atoms with Gasteiger partial charge >= 0.3 is 5.97 Å². The van der Waals surface area contributed by atoms with Gasteiger partial charge in [0.25, 0.3) is 0 Å². The third-order valence-electron chi connectivity index (χ3n) is 2.16. The van der Waals surface area contributed by atoms with E-state index in [0.717, 1.165) is 0 Å². The molecule has 1 fully saturated rings. The topological polar surface area (TPSA) is 105 Å². The van der Waals surface area contributed by atoms with Crippen molar-refractivity contribution in [2.75, 3.05) is 0 Å². The van der Waals surface area contributed by atoms with E-state index in [0.29, 0.717) is 0 Å². The second kappa shape index (κ2) is 4.97. The summed E-state index contributed by atoms with van der Waals surface area (Å²) in [5.74, 6) is -0.468. The summed E-state index contributed by atoms with van der Waals surface area (Å²) in [5, 5.41) is 12.8. The Bertz CT molecular complexity index is 290. The van der Waals surface area contributed by atoms with Gasteiger partial charge in [0.2, 0.25) is 0 Å². The average molecular weight is 215 g/mol. The highest BCUT2D eigenvalue weighted by Gasteiger charge is 2.37. The Hall–Kier alpha value is -1.30. The van der Waals surface area contributed by atoms with Crippen LogP contribution in [0.1, 0.15) is 20.3 Å². The number of azide groups is 1. The summed E-state index contributed by atoms with van der Waals surface area (Å²) in [6.07, 6.45) is -1.98. The van der Waals surface area contributed by atoms with Gasteiger partial charge in [0, 0.05) is 18.3 Å². The molecule has 0 aromatic carbocycles. The van der Waals surface area contributed by atoms with Crippen molar-refractivity contribution in [3.8, 4) is 0 Å². The van der Waals surface area contributed by atoms with Crippen LogP contribution in [0.25, 0.3) is 10.4 Å². The lowest BCUT2D eigenvalue weighted by Crippen LogP contribution is -2.48. The van der Waals surface area contributed by atoms with E-state index in [4.69, 9.17) is 15.0 Å². The molecular weight excluding hydrogens is 202 g/mol. The number of hydrogen-bond donors (Lipinski definition) is 1. The molecule has 7 nitrogen and oxygen atoms in total. The fourth-order valence-corrected chi connectivity index (χ4v) is 1.58. The molecule has 0 amide bonds. The van der Waals surface area contributed by atoms with E-state index in [1.807, 2.05) is 0 Å². The Morgan fingerprint density at radius 3 is 2.93 bits per heavy atom. The predicted molar refractivity (Wildman–Crippen MR) is 49.7 cm³/mol. The minimum absolute atomic E-state index is 0.131. The minimum Gasteiger partial charge on any atom is -0.459 e. The first-order chi connectivity index (χ1) is 7.04. The van der Waals surface area contributed by atoms with Gasteiger partial charge in [0.1, 0.15) is 6.10 Å². The SMILES string of the molecule is CC(=O)O[C@H]1[C@H](C)O[C@H](O)C[C@H]1N=[N+]=[N-]. The monoisotopic (exact) mass is 215 g/mol. The van der Waals surface area contributed by atoms with Crippen LogP contribution in [-0.2, 0) is 14.3 Å². The molecule has 0 aromatic rings. The molecule has 0 unspecified atom stereocenters. The van der Waals surface area contributed by atoms with Gasteiger partial charge in [-0.3, -0.25) is 4.79 Å². The van der Waals surface area contributed by atoms with E-state index in [2.05, 4.69) is 10.0 Å². The van der Waals surface area contributed by atoms with E-state index in [-0.39, 0.29) is 6.42 Å². The summed E-state index contributed by atoms with van der Waals surface area (Å²) in [6, 6.07) is -0.586. The molecule has 1 rings (SSSR count). The van der Waals surface area contributed by atoms with Crippen molar-refractivity contribution in [1.29, 1.82) is 0 Å². The standard InChI is InChI=1S/C8H13N3O4/c1-4-8(15-5(2)12)6(10-11-9)3-7(13)14-4/h4,6-8,13H,3H2,1-2H3/t4-,6+,7-,8-/m0/s1. The number of esters is 1. The van der Waals surface area contributed by atoms with Gasteiger partial charge in [-0.25, -0.2) is 0 Å². The molecular formula is C8H13N3O4. The van der Waals surface area contributed by atoms with E-state index in [1.54, 1.807) is 6.92 Å². The fourth-order valence-electron chi connectivity index (χ4n) is 1.58. The van der Waals surface area contributed by atoms with E-state index in [9.17, 15) is 9.90 Å². The fraction of sp³-hybridized carbons (Fsp3) is 0.875. The smallest absolute Gasteiger partial charge is 0.303 e. The number of aliphatic hydroxyl groups is 1. The van der Waals surface area contributed by atoms with E-state index < -0.39 is 30.5 Å². The van der Waals surface area contributed by atoms with Gasteiger partial charge in [-0.15, -0.1) is 0 Å². The molecule has 15 heavy (non-hydrogen) atoms. The molecule has 1 saturated heterocycles. The maximum absolute atomic E-state index is 10.8. The maximum Gasteiger partial charge on any atom is 0.303 e. The lowest BCUT2D eigenvalue weighted by Gasteiger charge is -2.35. The molecule has 0 aromatic heterocycles. The number of rotatable bonds is 2. The van der Waals surface area contributed by atoms with Gasteiger partial charge < -0.3 is 14.6 Å².